The first-order valence-electron chi connectivity index (χ1n) is 10.1. The van der Waals surface area contributed by atoms with Gasteiger partial charge in [0.15, 0.2) is 0 Å². The predicted octanol–water partition coefficient (Wildman–Crippen LogP) is 4.42. The molecular weight excluding hydrogens is 348 g/mol. The number of hydrogen-bond acceptors (Lipinski definition) is 2. The standard InChI is InChI=1S/C24H32O2Si/c1-19(23-17-20(23)18-25)15-16-26-27(24(2,3)4,21-11-7-5-8-12-21)22-13-9-6-10-14-22/h5-14,18-20,23H,15-17H2,1-4H3/t19-,20+,23+/m0/s1. The van der Waals surface area contributed by atoms with Crippen LogP contribution in [0, 0.1) is 17.8 Å². The van der Waals surface area contributed by atoms with Gasteiger partial charge in [0.05, 0.1) is 0 Å². The Balaban J connectivity index is 1.89. The van der Waals surface area contributed by atoms with Gasteiger partial charge in [-0.1, -0.05) is 88.4 Å². The van der Waals surface area contributed by atoms with Gasteiger partial charge in [0.1, 0.15) is 6.29 Å². The monoisotopic (exact) mass is 380 g/mol. The molecule has 1 aliphatic rings. The van der Waals surface area contributed by atoms with Crippen molar-refractivity contribution in [2.24, 2.45) is 17.8 Å². The van der Waals surface area contributed by atoms with Crippen molar-refractivity contribution in [2.75, 3.05) is 6.61 Å². The zero-order valence-electron chi connectivity index (χ0n) is 17.0. The Morgan fingerprint density at radius 1 is 1.04 bits per heavy atom. The molecule has 2 nitrogen and oxygen atoms in total. The van der Waals surface area contributed by atoms with Crippen LogP contribution < -0.4 is 10.4 Å². The average molecular weight is 381 g/mol. The topological polar surface area (TPSA) is 26.3 Å². The summed E-state index contributed by atoms with van der Waals surface area (Å²) in [5, 5.41) is 2.67. The van der Waals surface area contributed by atoms with Crippen LogP contribution in [-0.4, -0.2) is 21.2 Å². The number of carbonyl (C=O) groups is 1. The molecule has 0 spiro atoms. The molecule has 0 aromatic heterocycles. The summed E-state index contributed by atoms with van der Waals surface area (Å²) in [7, 11) is -2.43. The van der Waals surface area contributed by atoms with Crippen molar-refractivity contribution >= 4 is 25.0 Å². The summed E-state index contributed by atoms with van der Waals surface area (Å²) in [6.07, 6.45) is 3.20. The number of carbonyl (C=O) groups excluding carboxylic acids is 1. The number of rotatable bonds is 8. The lowest BCUT2D eigenvalue weighted by Gasteiger charge is -2.43. The molecule has 2 aromatic rings. The molecule has 0 unspecified atom stereocenters. The van der Waals surface area contributed by atoms with Crippen LogP contribution in [0.3, 0.4) is 0 Å². The molecule has 0 bridgehead atoms. The fourth-order valence-corrected chi connectivity index (χ4v) is 9.00. The van der Waals surface area contributed by atoms with Crippen LogP contribution in [0.1, 0.15) is 40.5 Å². The Morgan fingerprint density at radius 2 is 1.56 bits per heavy atom. The first-order chi connectivity index (χ1) is 12.9. The van der Waals surface area contributed by atoms with Gasteiger partial charge < -0.3 is 9.22 Å². The number of hydrogen-bond donors (Lipinski definition) is 0. The van der Waals surface area contributed by atoms with Gasteiger partial charge in [-0.05, 0) is 40.1 Å². The lowest BCUT2D eigenvalue weighted by molar-refractivity contribution is -0.109. The Labute approximate surface area is 165 Å². The van der Waals surface area contributed by atoms with Crippen LogP contribution in [0.5, 0.6) is 0 Å². The van der Waals surface area contributed by atoms with Crippen LogP contribution in [-0.2, 0) is 9.22 Å². The van der Waals surface area contributed by atoms with E-state index in [0.717, 1.165) is 25.7 Å². The first kappa shape index (κ1) is 20.0. The van der Waals surface area contributed by atoms with Gasteiger partial charge in [-0.15, -0.1) is 0 Å². The highest BCUT2D eigenvalue weighted by molar-refractivity contribution is 6.99. The first-order valence-corrected chi connectivity index (χ1v) is 12.0. The molecule has 2 aromatic carbocycles. The average Bonchev–Trinajstić information content (AvgIpc) is 3.45. The van der Waals surface area contributed by atoms with Crippen molar-refractivity contribution in [2.45, 2.75) is 45.6 Å². The predicted molar refractivity (Wildman–Crippen MR) is 115 cm³/mol. The lowest BCUT2D eigenvalue weighted by atomic mass is 10.0. The Kier molecular flexibility index (Phi) is 6.02. The van der Waals surface area contributed by atoms with E-state index in [2.05, 4.69) is 88.4 Å². The van der Waals surface area contributed by atoms with Gasteiger partial charge in [0.25, 0.3) is 8.32 Å². The molecule has 0 radical (unpaired) electrons. The van der Waals surface area contributed by atoms with E-state index in [9.17, 15) is 4.79 Å². The van der Waals surface area contributed by atoms with Crippen LogP contribution in [0.25, 0.3) is 0 Å². The number of benzene rings is 2. The van der Waals surface area contributed by atoms with Crippen molar-refractivity contribution < 1.29 is 9.22 Å². The fourth-order valence-electron chi connectivity index (χ4n) is 4.42. The Morgan fingerprint density at radius 3 is 1.96 bits per heavy atom. The minimum absolute atomic E-state index is 0.0177. The summed E-state index contributed by atoms with van der Waals surface area (Å²) in [6.45, 7) is 9.95. The molecule has 144 valence electrons. The van der Waals surface area contributed by atoms with E-state index in [-0.39, 0.29) is 11.0 Å². The second kappa shape index (κ2) is 8.11. The van der Waals surface area contributed by atoms with Crippen molar-refractivity contribution in [1.82, 2.24) is 0 Å². The molecule has 3 rings (SSSR count). The van der Waals surface area contributed by atoms with Crippen LogP contribution >= 0.6 is 0 Å². The van der Waals surface area contributed by atoms with Gasteiger partial charge in [-0.25, -0.2) is 0 Å². The van der Waals surface area contributed by atoms with Crippen LogP contribution in [0.15, 0.2) is 60.7 Å². The van der Waals surface area contributed by atoms with E-state index in [1.807, 2.05) is 0 Å². The van der Waals surface area contributed by atoms with Crippen molar-refractivity contribution in [1.29, 1.82) is 0 Å². The highest BCUT2D eigenvalue weighted by atomic mass is 28.4. The summed E-state index contributed by atoms with van der Waals surface area (Å²) in [5.41, 5.74) is 0. The summed E-state index contributed by atoms with van der Waals surface area (Å²) in [5.74, 6) is 1.39. The SMILES string of the molecule is C[C@@H](CCO[Si](c1ccccc1)(c1ccccc1)C(C)(C)C)[C@H]1C[C@@H]1C=O. The molecule has 27 heavy (non-hydrogen) atoms. The fraction of sp³-hybridized carbons (Fsp3) is 0.458. The molecule has 0 N–H and O–H groups in total. The minimum atomic E-state index is -2.43. The van der Waals surface area contributed by atoms with Crippen LogP contribution in [0.2, 0.25) is 5.04 Å². The largest absolute Gasteiger partial charge is 0.407 e. The van der Waals surface area contributed by atoms with E-state index in [1.165, 1.54) is 10.4 Å². The van der Waals surface area contributed by atoms with Crippen molar-refractivity contribution in [3.05, 3.63) is 60.7 Å². The maximum absolute atomic E-state index is 11.0. The van der Waals surface area contributed by atoms with Crippen molar-refractivity contribution in [3.8, 4) is 0 Å². The Bertz CT molecular complexity index is 696. The molecule has 0 heterocycles. The minimum Gasteiger partial charge on any atom is -0.407 e. The third-order valence-electron chi connectivity index (χ3n) is 6.11. The van der Waals surface area contributed by atoms with Gasteiger partial charge in [-0.2, -0.15) is 0 Å². The van der Waals surface area contributed by atoms with E-state index in [4.69, 9.17) is 4.43 Å². The Hall–Kier alpha value is -1.71. The second-order valence-electron chi connectivity index (χ2n) is 8.98. The normalized spacial score (nSPS) is 20.9. The molecule has 1 aliphatic carbocycles. The molecule has 1 saturated carbocycles. The molecule has 0 aliphatic heterocycles. The molecule has 0 amide bonds. The molecule has 0 saturated heterocycles. The molecular formula is C24H32O2Si. The zero-order chi connectivity index (χ0) is 19.5. The molecule has 3 atom stereocenters. The zero-order valence-corrected chi connectivity index (χ0v) is 18.0. The highest BCUT2D eigenvalue weighted by Crippen LogP contribution is 2.44. The quantitative estimate of drug-likeness (QED) is 0.500. The summed E-state index contributed by atoms with van der Waals surface area (Å²) < 4.78 is 6.93. The smallest absolute Gasteiger partial charge is 0.261 e. The van der Waals surface area contributed by atoms with E-state index in [0.29, 0.717) is 11.8 Å². The lowest BCUT2D eigenvalue weighted by Crippen LogP contribution is -2.66. The van der Waals surface area contributed by atoms with E-state index >= 15 is 0 Å². The van der Waals surface area contributed by atoms with Crippen molar-refractivity contribution in [3.63, 3.8) is 0 Å². The maximum atomic E-state index is 11.0. The summed E-state index contributed by atoms with van der Waals surface area (Å²) >= 11 is 0. The van der Waals surface area contributed by atoms with Crippen LogP contribution in [0.4, 0.5) is 0 Å². The van der Waals surface area contributed by atoms with Gasteiger partial charge in [-0.3, -0.25) is 0 Å². The summed E-state index contributed by atoms with van der Waals surface area (Å²) in [6, 6.07) is 21.6. The maximum Gasteiger partial charge on any atom is 0.261 e. The third-order valence-corrected chi connectivity index (χ3v) is 11.1. The second-order valence-corrected chi connectivity index (χ2v) is 13.3. The van der Waals surface area contributed by atoms with Gasteiger partial charge in [0, 0.05) is 12.5 Å². The summed E-state index contributed by atoms with van der Waals surface area (Å²) in [4.78, 5) is 11.0. The molecule has 3 heteroatoms. The highest BCUT2D eigenvalue weighted by Gasteiger charge is 2.50. The van der Waals surface area contributed by atoms with Gasteiger partial charge >= 0.3 is 0 Å². The number of aldehydes is 1. The third kappa shape index (κ3) is 4.09. The van der Waals surface area contributed by atoms with Gasteiger partial charge in [0.2, 0.25) is 0 Å². The van der Waals surface area contributed by atoms with E-state index in [1.54, 1.807) is 0 Å². The molecule has 1 fully saturated rings. The van der Waals surface area contributed by atoms with E-state index < -0.39 is 8.32 Å².